The lowest BCUT2D eigenvalue weighted by Crippen LogP contribution is -2.38. The first-order chi connectivity index (χ1) is 13.4. The quantitative estimate of drug-likeness (QED) is 0.210. The minimum absolute atomic E-state index is 0. The van der Waals surface area contributed by atoms with Crippen molar-refractivity contribution in [2.45, 2.75) is 39.1 Å². The van der Waals surface area contributed by atoms with Crippen LogP contribution in [0.15, 0.2) is 34.6 Å². The third kappa shape index (κ3) is 8.87. The van der Waals surface area contributed by atoms with Crippen molar-refractivity contribution >= 4 is 41.3 Å². The Hall–Kier alpha value is -1.40. The number of alkyl halides is 3. The SMILES string of the molecule is CCCOCc1ccccc1CNC(=NC)NCCc1nc(C(F)(F)F)cs1.I. The van der Waals surface area contributed by atoms with E-state index in [4.69, 9.17) is 4.74 Å². The molecule has 1 aromatic heterocycles. The average Bonchev–Trinajstić information content (AvgIpc) is 3.15. The van der Waals surface area contributed by atoms with Gasteiger partial charge in [-0.25, -0.2) is 4.98 Å². The van der Waals surface area contributed by atoms with E-state index in [9.17, 15) is 13.2 Å². The van der Waals surface area contributed by atoms with Crippen LogP contribution in [0.2, 0.25) is 0 Å². The van der Waals surface area contributed by atoms with E-state index in [1.807, 2.05) is 24.3 Å². The number of thiazole rings is 1. The standard InChI is InChI=1S/C19H25F3N4OS.HI/c1-3-10-27-12-15-7-5-4-6-14(15)11-25-18(23-2)24-9-8-17-26-16(13-28-17)19(20,21)22;/h4-7,13H,3,8-12H2,1-2H3,(H2,23,24,25);1H. The van der Waals surface area contributed by atoms with Crippen molar-refractivity contribution in [3.05, 3.63) is 51.5 Å². The Morgan fingerprint density at radius 2 is 1.93 bits per heavy atom. The fraction of sp³-hybridized carbons (Fsp3) is 0.474. The summed E-state index contributed by atoms with van der Waals surface area (Å²) in [5, 5.41) is 7.80. The number of hydrogen-bond acceptors (Lipinski definition) is 4. The van der Waals surface area contributed by atoms with Gasteiger partial charge in [-0.3, -0.25) is 4.99 Å². The van der Waals surface area contributed by atoms with Gasteiger partial charge in [0.15, 0.2) is 11.7 Å². The van der Waals surface area contributed by atoms with Gasteiger partial charge in [-0.05, 0) is 17.5 Å². The number of guanidine groups is 1. The third-order valence-electron chi connectivity index (χ3n) is 3.87. The Morgan fingerprint density at radius 3 is 2.55 bits per heavy atom. The summed E-state index contributed by atoms with van der Waals surface area (Å²) >= 11 is 1.01. The molecule has 2 rings (SSSR count). The molecule has 162 valence electrons. The second kappa shape index (κ2) is 13.0. The number of rotatable bonds is 9. The molecular weight excluding hydrogens is 516 g/mol. The Kier molecular flexibility index (Phi) is 11.5. The van der Waals surface area contributed by atoms with Crippen molar-refractivity contribution < 1.29 is 17.9 Å². The van der Waals surface area contributed by atoms with Crippen LogP contribution in [0.5, 0.6) is 0 Å². The maximum absolute atomic E-state index is 12.6. The molecule has 2 aromatic rings. The zero-order valence-corrected chi connectivity index (χ0v) is 19.5. The summed E-state index contributed by atoms with van der Waals surface area (Å²) in [5.41, 5.74) is 1.38. The van der Waals surface area contributed by atoms with Gasteiger partial charge in [-0.2, -0.15) is 13.2 Å². The molecule has 2 N–H and O–H groups in total. The number of benzene rings is 1. The number of nitrogens with zero attached hydrogens (tertiary/aromatic N) is 2. The van der Waals surface area contributed by atoms with Crippen LogP contribution in [0.1, 0.15) is 35.2 Å². The molecule has 0 saturated heterocycles. The lowest BCUT2D eigenvalue weighted by molar-refractivity contribution is -0.140. The first-order valence-corrected chi connectivity index (χ1v) is 9.92. The molecule has 0 aliphatic rings. The second-order valence-corrected chi connectivity index (χ2v) is 6.99. The molecule has 0 unspecified atom stereocenters. The maximum atomic E-state index is 12.6. The molecule has 0 aliphatic heterocycles. The molecular formula is C19H26F3IN4OS. The van der Waals surface area contributed by atoms with Gasteiger partial charge in [0, 0.05) is 38.5 Å². The molecule has 0 atom stereocenters. The lowest BCUT2D eigenvalue weighted by atomic mass is 10.1. The molecule has 0 amide bonds. The topological polar surface area (TPSA) is 58.5 Å². The van der Waals surface area contributed by atoms with E-state index in [2.05, 4.69) is 27.5 Å². The zero-order valence-electron chi connectivity index (χ0n) is 16.4. The van der Waals surface area contributed by atoms with Crippen molar-refractivity contribution in [1.29, 1.82) is 0 Å². The van der Waals surface area contributed by atoms with Gasteiger partial charge in [0.2, 0.25) is 0 Å². The van der Waals surface area contributed by atoms with Gasteiger partial charge in [0.25, 0.3) is 0 Å². The molecule has 0 aliphatic carbocycles. The van der Waals surface area contributed by atoms with Crippen LogP contribution in [0, 0.1) is 0 Å². The molecule has 0 saturated carbocycles. The summed E-state index contributed by atoms with van der Waals surface area (Å²) in [6.45, 7) is 4.35. The lowest BCUT2D eigenvalue weighted by Gasteiger charge is -2.14. The number of nitrogens with one attached hydrogen (secondary N) is 2. The van der Waals surface area contributed by atoms with Crippen molar-refractivity contribution in [1.82, 2.24) is 15.6 Å². The van der Waals surface area contributed by atoms with Crippen molar-refractivity contribution in [3.8, 4) is 0 Å². The number of aliphatic imine (C=N–C) groups is 1. The first-order valence-electron chi connectivity index (χ1n) is 9.04. The smallest absolute Gasteiger partial charge is 0.377 e. The van der Waals surface area contributed by atoms with Crippen LogP contribution >= 0.6 is 35.3 Å². The molecule has 1 heterocycles. The predicted octanol–water partition coefficient (Wildman–Crippen LogP) is 4.61. The van der Waals surface area contributed by atoms with Crippen LogP contribution in [0.4, 0.5) is 13.2 Å². The van der Waals surface area contributed by atoms with Gasteiger partial charge in [0.1, 0.15) is 0 Å². The summed E-state index contributed by atoms with van der Waals surface area (Å²) in [5.74, 6) is 0.580. The molecule has 10 heteroatoms. The van der Waals surface area contributed by atoms with Gasteiger partial charge >= 0.3 is 6.18 Å². The molecule has 0 spiro atoms. The number of halogens is 4. The number of aromatic nitrogens is 1. The average molecular weight is 542 g/mol. The molecule has 0 bridgehead atoms. The monoisotopic (exact) mass is 542 g/mol. The molecule has 1 aromatic carbocycles. The van der Waals surface area contributed by atoms with E-state index in [-0.39, 0.29) is 24.0 Å². The molecule has 0 radical (unpaired) electrons. The normalized spacial score (nSPS) is 11.8. The molecule has 0 fully saturated rings. The van der Waals surface area contributed by atoms with Crippen LogP contribution in [0.25, 0.3) is 0 Å². The summed E-state index contributed by atoms with van der Waals surface area (Å²) in [6.07, 6.45) is -3.03. The Morgan fingerprint density at radius 1 is 1.21 bits per heavy atom. The summed E-state index contributed by atoms with van der Waals surface area (Å²) in [7, 11) is 1.65. The van der Waals surface area contributed by atoms with Crippen molar-refractivity contribution in [2.75, 3.05) is 20.2 Å². The Labute approximate surface area is 190 Å². The summed E-state index contributed by atoms with van der Waals surface area (Å²) in [6, 6.07) is 8.00. The Balaban J connectivity index is 0.00000420. The number of ether oxygens (including phenoxy) is 1. The highest BCUT2D eigenvalue weighted by atomic mass is 127. The fourth-order valence-electron chi connectivity index (χ4n) is 2.44. The molecule has 5 nitrogen and oxygen atoms in total. The van der Waals surface area contributed by atoms with E-state index in [0.29, 0.717) is 37.1 Å². The highest BCUT2D eigenvalue weighted by Gasteiger charge is 2.33. The van der Waals surface area contributed by atoms with E-state index in [1.165, 1.54) is 0 Å². The predicted molar refractivity (Wildman–Crippen MR) is 121 cm³/mol. The summed E-state index contributed by atoms with van der Waals surface area (Å²) < 4.78 is 43.4. The van der Waals surface area contributed by atoms with Crippen LogP contribution in [-0.4, -0.2) is 31.1 Å². The number of hydrogen-bond donors (Lipinski definition) is 2. The van der Waals surface area contributed by atoms with Crippen LogP contribution in [-0.2, 0) is 30.5 Å². The van der Waals surface area contributed by atoms with E-state index >= 15 is 0 Å². The zero-order chi connectivity index (χ0) is 20.4. The van der Waals surface area contributed by atoms with Crippen molar-refractivity contribution in [2.24, 2.45) is 4.99 Å². The second-order valence-electron chi connectivity index (χ2n) is 6.05. The van der Waals surface area contributed by atoms with Crippen molar-refractivity contribution in [3.63, 3.8) is 0 Å². The van der Waals surface area contributed by atoms with Crippen LogP contribution < -0.4 is 10.6 Å². The maximum Gasteiger partial charge on any atom is 0.434 e. The minimum Gasteiger partial charge on any atom is -0.377 e. The van der Waals surface area contributed by atoms with Gasteiger partial charge in [-0.1, -0.05) is 31.2 Å². The highest BCUT2D eigenvalue weighted by Crippen LogP contribution is 2.29. The third-order valence-corrected chi connectivity index (χ3v) is 4.78. The minimum atomic E-state index is -4.39. The van der Waals surface area contributed by atoms with E-state index < -0.39 is 11.9 Å². The van der Waals surface area contributed by atoms with Gasteiger partial charge in [-0.15, -0.1) is 35.3 Å². The highest BCUT2D eigenvalue weighted by molar-refractivity contribution is 14.0. The van der Waals surface area contributed by atoms with Crippen LogP contribution in [0.3, 0.4) is 0 Å². The van der Waals surface area contributed by atoms with Gasteiger partial charge in [0.05, 0.1) is 11.6 Å². The van der Waals surface area contributed by atoms with E-state index in [0.717, 1.165) is 40.9 Å². The van der Waals surface area contributed by atoms with Gasteiger partial charge < -0.3 is 15.4 Å². The first kappa shape index (κ1) is 25.6. The van der Waals surface area contributed by atoms with E-state index in [1.54, 1.807) is 7.05 Å². The fourth-order valence-corrected chi connectivity index (χ4v) is 3.25. The molecule has 29 heavy (non-hydrogen) atoms. The largest absolute Gasteiger partial charge is 0.434 e. The Bertz CT molecular complexity index is 768. The summed E-state index contributed by atoms with van der Waals surface area (Å²) in [4.78, 5) is 7.77.